The molecule has 2 aromatic rings. The first-order valence-corrected chi connectivity index (χ1v) is 7.24. The fraction of sp³-hybridized carbons (Fsp3) is 0.375. The Labute approximate surface area is 125 Å². The number of nitrogens with one attached hydrogen (secondary N) is 2. The van der Waals surface area contributed by atoms with Gasteiger partial charge in [-0.15, -0.1) is 0 Å². The number of nitrogens with zero attached hydrogens (tertiary/aromatic N) is 2. The van der Waals surface area contributed by atoms with Gasteiger partial charge in [0, 0.05) is 24.3 Å². The molecule has 0 unspecified atom stereocenters. The SMILES string of the molecule is CCN(CC)c1ccc(C(=O)Nc2c(C)n[nH]c2C)cc1. The van der Waals surface area contributed by atoms with Crippen molar-refractivity contribution >= 4 is 17.3 Å². The van der Waals surface area contributed by atoms with E-state index < -0.39 is 0 Å². The van der Waals surface area contributed by atoms with E-state index >= 15 is 0 Å². The summed E-state index contributed by atoms with van der Waals surface area (Å²) in [5.41, 5.74) is 4.19. The van der Waals surface area contributed by atoms with Crippen LogP contribution in [0, 0.1) is 13.8 Å². The molecular weight excluding hydrogens is 264 g/mol. The topological polar surface area (TPSA) is 61.0 Å². The van der Waals surface area contributed by atoms with Crippen LogP contribution >= 0.6 is 0 Å². The van der Waals surface area contributed by atoms with E-state index in [9.17, 15) is 4.79 Å². The Hall–Kier alpha value is -2.30. The maximum absolute atomic E-state index is 12.3. The molecule has 1 amide bonds. The lowest BCUT2D eigenvalue weighted by Gasteiger charge is -2.21. The number of hydrogen-bond acceptors (Lipinski definition) is 3. The molecule has 21 heavy (non-hydrogen) atoms. The standard InChI is InChI=1S/C16H22N4O/c1-5-20(6-2)14-9-7-13(8-10-14)16(21)17-15-11(3)18-19-12(15)4/h7-10H,5-6H2,1-4H3,(H,17,21)(H,18,19). The first-order valence-electron chi connectivity index (χ1n) is 7.24. The third-order valence-corrected chi connectivity index (χ3v) is 3.62. The van der Waals surface area contributed by atoms with Crippen LogP contribution in [-0.2, 0) is 0 Å². The Morgan fingerprint density at radius 3 is 2.29 bits per heavy atom. The van der Waals surface area contributed by atoms with Crippen molar-refractivity contribution in [2.45, 2.75) is 27.7 Å². The lowest BCUT2D eigenvalue weighted by molar-refractivity contribution is 0.102. The molecule has 0 radical (unpaired) electrons. The summed E-state index contributed by atoms with van der Waals surface area (Å²) in [6, 6.07) is 7.68. The van der Waals surface area contributed by atoms with Gasteiger partial charge in [0.25, 0.3) is 5.91 Å². The molecule has 0 saturated heterocycles. The van der Waals surface area contributed by atoms with Crippen LogP contribution in [0.15, 0.2) is 24.3 Å². The zero-order valence-electron chi connectivity index (χ0n) is 13.0. The summed E-state index contributed by atoms with van der Waals surface area (Å²) in [7, 11) is 0. The summed E-state index contributed by atoms with van der Waals surface area (Å²) in [6.45, 7) is 9.90. The van der Waals surface area contributed by atoms with Crippen LogP contribution in [0.25, 0.3) is 0 Å². The normalized spacial score (nSPS) is 10.5. The van der Waals surface area contributed by atoms with Gasteiger partial charge in [0.2, 0.25) is 0 Å². The number of carbonyl (C=O) groups is 1. The third kappa shape index (κ3) is 3.24. The average molecular weight is 286 g/mol. The highest BCUT2D eigenvalue weighted by Crippen LogP contribution is 2.19. The van der Waals surface area contributed by atoms with E-state index in [1.165, 1.54) is 0 Å². The van der Waals surface area contributed by atoms with Crippen LogP contribution in [-0.4, -0.2) is 29.2 Å². The second-order valence-corrected chi connectivity index (χ2v) is 4.98. The van der Waals surface area contributed by atoms with Gasteiger partial charge in [-0.25, -0.2) is 0 Å². The number of amides is 1. The van der Waals surface area contributed by atoms with Crippen LogP contribution in [0.1, 0.15) is 35.6 Å². The van der Waals surface area contributed by atoms with Crippen molar-refractivity contribution in [1.29, 1.82) is 0 Å². The van der Waals surface area contributed by atoms with Gasteiger partial charge in [0.05, 0.1) is 17.1 Å². The average Bonchev–Trinajstić information content (AvgIpc) is 2.81. The minimum Gasteiger partial charge on any atom is -0.372 e. The predicted octanol–water partition coefficient (Wildman–Crippen LogP) is 3.13. The molecule has 0 aliphatic rings. The van der Waals surface area contributed by atoms with Crippen molar-refractivity contribution in [3.63, 3.8) is 0 Å². The molecule has 1 aromatic heterocycles. The van der Waals surface area contributed by atoms with E-state index in [1.54, 1.807) is 0 Å². The van der Waals surface area contributed by atoms with Gasteiger partial charge < -0.3 is 10.2 Å². The lowest BCUT2D eigenvalue weighted by atomic mass is 10.1. The molecule has 0 atom stereocenters. The molecule has 2 N–H and O–H groups in total. The maximum Gasteiger partial charge on any atom is 0.255 e. The lowest BCUT2D eigenvalue weighted by Crippen LogP contribution is -2.21. The van der Waals surface area contributed by atoms with Crippen molar-refractivity contribution < 1.29 is 4.79 Å². The van der Waals surface area contributed by atoms with Crippen molar-refractivity contribution in [2.24, 2.45) is 0 Å². The molecule has 0 aliphatic carbocycles. The molecule has 5 heteroatoms. The summed E-state index contributed by atoms with van der Waals surface area (Å²) in [6.07, 6.45) is 0. The molecule has 0 bridgehead atoms. The zero-order valence-corrected chi connectivity index (χ0v) is 13.0. The number of carbonyl (C=O) groups excluding carboxylic acids is 1. The predicted molar refractivity (Wildman–Crippen MR) is 86.0 cm³/mol. The molecule has 112 valence electrons. The van der Waals surface area contributed by atoms with Gasteiger partial charge in [-0.2, -0.15) is 5.10 Å². The van der Waals surface area contributed by atoms with E-state index in [-0.39, 0.29) is 5.91 Å². The van der Waals surface area contributed by atoms with E-state index in [1.807, 2.05) is 38.1 Å². The van der Waals surface area contributed by atoms with Gasteiger partial charge in [0.15, 0.2) is 0 Å². The second-order valence-electron chi connectivity index (χ2n) is 4.98. The fourth-order valence-corrected chi connectivity index (χ4v) is 2.33. The minimum absolute atomic E-state index is 0.117. The van der Waals surface area contributed by atoms with E-state index in [0.717, 1.165) is 35.9 Å². The Morgan fingerprint density at radius 2 is 1.81 bits per heavy atom. The summed E-state index contributed by atoms with van der Waals surface area (Å²) in [4.78, 5) is 14.5. The monoisotopic (exact) mass is 286 g/mol. The number of hydrogen-bond donors (Lipinski definition) is 2. The van der Waals surface area contributed by atoms with Gasteiger partial charge in [-0.3, -0.25) is 9.89 Å². The van der Waals surface area contributed by atoms with Crippen LogP contribution in [0.2, 0.25) is 0 Å². The van der Waals surface area contributed by atoms with E-state index in [0.29, 0.717) is 5.56 Å². The summed E-state index contributed by atoms with van der Waals surface area (Å²) in [5, 5.41) is 9.84. The molecule has 2 rings (SSSR count). The number of aromatic amines is 1. The highest BCUT2D eigenvalue weighted by atomic mass is 16.1. The van der Waals surface area contributed by atoms with Crippen molar-refractivity contribution in [3.05, 3.63) is 41.2 Å². The Kier molecular flexibility index (Phi) is 4.62. The Balaban J connectivity index is 2.13. The van der Waals surface area contributed by atoms with Gasteiger partial charge in [0.1, 0.15) is 0 Å². The molecular formula is C16H22N4O. The molecule has 1 aromatic carbocycles. The van der Waals surface area contributed by atoms with Gasteiger partial charge >= 0.3 is 0 Å². The number of rotatable bonds is 5. The van der Waals surface area contributed by atoms with Crippen molar-refractivity contribution in [1.82, 2.24) is 10.2 Å². The second kappa shape index (κ2) is 6.43. The van der Waals surface area contributed by atoms with Crippen LogP contribution < -0.4 is 10.2 Å². The van der Waals surface area contributed by atoms with Crippen LogP contribution in [0.5, 0.6) is 0 Å². The van der Waals surface area contributed by atoms with Crippen LogP contribution in [0.3, 0.4) is 0 Å². The maximum atomic E-state index is 12.3. The number of anilines is 2. The summed E-state index contributed by atoms with van der Waals surface area (Å²) in [5.74, 6) is -0.117. The molecule has 0 aliphatic heterocycles. The van der Waals surface area contributed by atoms with Crippen molar-refractivity contribution in [2.75, 3.05) is 23.3 Å². The molecule has 5 nitrogen and oxygen atoms in total. The minimum atomic E-state index is -0.117. The first-order chi connectivity index (χ1) is 10.1. The van der Waals surface area contributed by atoms with Crippen molar-refractivity contribution in [3.8, 4) is 0 Å². The highest BCUT2D eigenvalue weighted by Gasteiger charge is 2.12. The fourth-order valence-electron chi connectivity index (χ4n) is 2.33. The quantitative estimate of drug-likeness (QED) is 0.887. The molecule has 0 fully saturated rings. The zero-order chi connectivity index (χ0) is 15.4. The van der Waals surface area contributed by atoms with Crippen LogP contribution in [0.4, 0.5) is 11.4 Å². The number of aryl methyl sites for hydroxylation is 2. The van der Waals surface area contributed by atoms with Gasteiger partial charge in [-0.1, -0.05) is 0 Å². The molecule has 0 spiro atoms. The summed E-state index contributed by atoms with van der Waals surface area (Å²) >= 11 is 0. The highest BCUT2D eigenvalue weighted by molar-refractivity contribution is 6.05. The van der Waals surface area contributed by atoms with Gasteiger partial charge in [-0.05, 0) is 52.0 Å². The number of aromatic nitrogens is 2. The first kappa shape index (κ1) is 15.1. The third-order valence-electron chi connectivity index (χ3n) is 3.62. The Bertz CT molecular complexity index is 592. The molecule has 1 heterocycles. The summed E-state index contributed by atoms with van der Waals surface area (Å²) < 4.78 is 0. The number of benzene rings is 1. The Morgan fingerprint density at radius 1 is 1.19 bits per heavy atom. The smallest absolute Gasteiger partial charge is 0.255 e. The largest absolute Gasteiger partial charge is 0.372 e. The van der Waals surface area contributed by atoms with E-state index in [2.05, 4.69) is 34.3 Å². The number of H-pyrrole nitrogens is 1. The molecule has 0 saturated carbocycles. The van der Waals surface area contributed by atoms with E-state index in [4.69, 9.17) is 0 Å².